The molecule has 0 N–H and O–H groups in total. The van der Waals surface area contributed by atoms with Crippen LogP contribution in [0.15, 0.2) is 58.2 Å². The van der Waals surface area contributed by atoms with E-state index in [4.69, 9.17) is 0 Å². The largest absolute Gasteiger partial charge is 0.0839 e. The maximum absolute atomic E-state index is 2.43. The maximum Gasteiger partial charge on any atom is -0.0102 e. The average molecular weight is 367 g/mol. The first-order chi connectivity index (χ1) is 12.4. The van der Waals surface area contributed by atoms with Gasteiger partial charge >= 0.3 is 0 Å². The molecule has 0 amide bonds. The Morgan fingerprint density at radius 2 is 1.67 bits per heavy atom. The molecule has 0 saturated carbocycles. The van der Waals surface area contributed by atoms with Crippen molar-refractivity contribution in [2.75, 3.05) is 0 Å². The first kappa shape index (κ1) is 22.0. The van der Waals surface area contributed by atoms with Crippen LogP contribution in [0.3, 0.4) is 0 Å². The third-order valence-corrected chi connectivity index (χ3v) is 6.70. The van der Waals surface area contributed by atoms with Gasteiger partial charge < -0.3 is 0 Å². The first-order valence-corrected chi connectivity index (χ1v) is 10.8. The zero-order valence-electron chi connectivity index (χ0n) is 19.4. The van der Waals surface area contributed by atoms with Crippen LogP contribution in [0.4, 0.5) is 0 Å². The van der Waals surface area contributed by atoms with Crippen molar-refractivity contribution in [1.29, 1.82) is 0 Å². The van der Waals surface area contributed by atoms with E-state index in [0.717, 1.165) is 6.42 Å². The van der Waals surface area contributed by atoms with E-state index in [1.165, 1.54) is 42.4 Å². The Hall–Kier alpha value is -1.30. The predicted octanol–water partition coefficient (Wildman–Crippen LogP) is 8.73. The summed E-state index contributed by atoms with van der Waals surface area (Å²) in [5, 5.41) is 0. The van der Waals surface area contributed by atoms with Crippen molar-refractivity contribution in [3.8, 4) is 0 Å². The molecule has 0 nitrogen and oxygen atoms in total. The van der Waals surface area contributed by atoms with Gasteiger partial charge in [-0.15, -0.1) is 0 Å². The second-order valence-corrected chi connectivity index (χ2v) is 11.0. The van der Waals surface area contributed by atoms with Gasteiger partial charge in [0.05, 0.1) is 0 Å². The van der Waals surface area contributed by atoms with Gasteiger partial charge in [-0.05, 0) is 91.4 Å². The van der Waals surface area contributed by atoms with Crippen LogP contribution in [0.2, 0.25) is 0 Å². The van der Waals surface area contributed by atoms with E-state index in [2.05, 4.69) is 92.7 Å². The Morgan fingerprint density at radius 3 is 2.26 bits per heavy atom. The topological polar surface area (TPSA) is 0 Å². The first-order valence-electron chi connectivity index (χ1n) is 10.8. The number of hydrogen-bond donors (Lipinski definition) is 0. The lowest BCUT2D eigenvalue weighted by Gasteiger charge is -2.38. The molecule has 0 aliphatic heterocycles. The van der Waals surface area contributed by atoms with Gasteiger partial charge in [-0.2, -0.15) is 0 Å². The highest BCUT2D eigenvalue weighted by molar-refractivity contribution is 5.42. The van der Waals surface area contributed by atoms with E-state index in [-0.39, 0.29) is 5.41 Å². The predicted molar refractivity (Wildman–Crippen MR) is 122 cm³/mol. The molecule has 0 aromatic heterocycles. The Labute approximate surface area is 169 Å². The van der Waals surface area contributed by atoms with Crippen molar-refractivity contribution >= 4 is 0 Å². The molecule has 0 radical (unpaired) electrons. The molecule has 0 spiro atoms. The standard InChI is InChI=1S/C27H42/c1-10-23-15-14-22(18-25(4,5)19-27(23,8)9)20(2)13-16-24-21(3)12-11-17-26(24,6)7/h10,13-16H,11-12,17-19H2,1-9H3/b15-14-,16-13+,22-20-,23-10-. The normalized spacial score (nSPS) is 29.6. The van der Waals surface area contributed by atoms with Gasteiger partial charge in [-0.25, -0.2) is 0 Å². The van der Waals surface area contributed by atoms with Crippen molar-refractivity contribution in [3.05, 3.63) is 58.2 Å². The lowest BCUT2D eigenvalue weighted by molar-refractivity contribution is 0.227. The SMILES string of the molecule is C/C=C1/C=C\C(=C(C)\C=C\C2=C(C)CCCC2(C)C)CC(C)(C)CC1(C)C. The molecule has 0 atom stereocenters. The second-order valence-electron chi connectivity index (χ2n) is 11.0. The Morgan fingerprint density at radius 1 is 1.00 bits per heavy atom. The van der Waals surface area contributed by atoms with Crippen molar-refractivity contribution < 1.29 is 0 Å². The van der Waals surface area contributed by atoms with Crippen LogP contribution in [0, 0.1) is 16.2 Å². The molecule has 2 rings (SSSR count). The molecule has 0 unspecified atom stereocenters. The van der Waals surface area contributed by atoms with E-state index in [1.54, 1.807) is 11.1 Å². The van der Waals surface area contributed by atoms with Gasteiger partial charge in [-0.3, -0.25) is 0 Å². The van der Waals surface area contributed by atoms with E-state index in [1.807, 2.05) is 0 Å². The minimum absolute atomic E-state index is 0.234. The molecule has 0 aromatic rings. The molecular formula is C27H42. The highest BCUT2D eigenvalue weighted by Gasteiger charge is 2.32. The highest BCUT2D eigenvalue weighted by atomic mass is 14.4. The van der Waals surface area contributed by atoms with E-state index < -0.39 is 0 Å². The molecule has 0 bridgehead atoms. The van der Waals surface area contributed by atoms with E-state index in [0.29, 0.717) is 10.8 Å². The van der Waals surface area contributed by atoms with Gasteiger partial charge in [-0.1, -0.05) is 77.5 Å². The quantitative estimate of drug-likeness (QED) is 0.458. The summed E-state index contributed by atoms with van der Waals surface area (Å²) in [4.78, 5) is 0. The molecule has 0 fully saturated rings. The fraction of sp³-hybridized carbons (Fsp3) is 0.630. The fourth-order valence-corrected chi connectivity index (χ4v) is 5.43. The van der Waals surface area contributed by atoms with Crippen molar-refractivity contribution in [2.45, 2.75) is 94.4 Å². The highest BCUT2D eigenvalue weighted by Crippen LogP contribution is 2.45. The van der Waals surface area contributed by atoms with Crippen LogP contribution in [0.5, 0.6) is 0 Å². The maximum atomic E-state index is 2.43. The van der Waals surface area contributed by atoms with Crippen molar-refractivity contribution in [1.82, 2.24) is 0 Å². The summed E-state index contributed by atoms with van der Waals surface area (Å²) in [6, 6.07) is 0. The number of rotatable bonds is 2. The average Bonchev–Trinajstić information content (AvgIpc) is 2.50. The molecule has 0 saturated heterocycles. The molecule has 27 heavy (non-hydrogen) atoms. The summed E-state index contributed by atoms with van der Waals surface area (Å²) in [5.74, 6) is 0. The zero-order chi connectivity index (χ0) is 20.5. The summed E-state index contributed by atoms with van der Waals surface area (Å²) < 4.78 is 0. The van der Waals surface area contributed by atoms with Gasteiger partial charge in [0.2, 0.25) is 0 Å². The second kappa shape index (κ2) is 7.98. The Bertz CT molecular complexity index is 711. The minimum atomic E-state index is 0.234. The smallest absolute Gasteiger partial charge is 0.0102 e. The van der Waals surface area contributed by atoms with Crippen LogP contribution >= 0.6 is 0 Å². The third-order valence-electron chi connectivity index (χ3n) is 6.70. The fourth-order valence-electron chi connectivity index (χ4n) is 5.43. The Balaban J connectivity index is 2.41. The monoisotopic (exact) mass is 366 g/mol. The third kappa shape index (κ3) is 5.37. The van der Waals surface area contributed by atoms with Gasteiger partial charge in [0.1, 0.15) is 0 Å². The van der Waals surface area contributed by atoms with Crippen LogP contribution < -0.4 is 0 Å². The zero-order valence-corrected chi connectivity index (χ0v) is 19.4. The van der Waals surface area contributed by atoms with Crippen LogP contribution in [-0.2, 0) is 0 Å². The van der Waals surface area contributed by atoms with Gasteiger partial charge in [0, 0.05) is 0 Å². The molecule has 2 aliphatic rings. The molecule has 2 aliphatic carbocycles. The Kier molecular flexibility index (Phi) is 6.50. The van der Waals surface area contributed by atoms with Gasteiger partial charge in [0.25, 0.3) is 0 Å². The van der Waals surface area contributed by atoms with Gasteiger partial charge in [0.15, 0.2) is 0 Å². The summed E-state index contributed by atoms with van der Waals surface area (Å²) in [5.41, 5.74) is 8.32. The van der Waals surface area contributed by atoms with Crippen LogP contribution in [0.1, 0.15) is 94.4 Å². The van der Waals surface area contributed by atoms with Crippen molar-refractivity contribution in [3.63, 3.8) is 0 Å². The lowest BCUT2D eigenvalue weighted by atomic mass is 9.66. The molecule has 150 valence electrons. The van der Waals surface area contributed by atoms with Crippen LogP contribution in [-0.4, -0.2) is 0 Å². The minimum Gasteiger partial charge on any atom is -0.0839 e. The molecule has 0 heterocycles. The summed E-state index contributed by atoms with van der Waals surface area (Å²) in [7, 11) is 0. The lowest BCUT2D eigenvalue weighted by Crippen LogP contribution is -2.26. The number of hydrogen-bond acceptors (Lipinski definition) is 0. The summed E-state index contributed by atoms with van der Waals surface area (Å²) >= 11 is 0. The van der Waals surface area contributed by atoms with Crippen molar-refractivity contribution in [2.24, 2.45) is 16.2 Å². The number of allylic oxidation sites excluding steroid dienone is 10. The molecule has 0 heteroatoms. The van der Waals surface area contributed by atoms with E-state index in [9.17, 15) is 0 Å². The summed E-state index contributed by atoms with van der Waals surface area (Å²) in [6.45, 7) is 21.2. The van der Waals surface area contributed by atoms with E-state index >= 15 is 0 Å². The summed E-state index contributed by atoms with van der Waals surface area (Å²) in [6.07, 6.45) is 18.1. The van der Waals surface area contributed by atoms with Crippen LogP contribution in [0.25, 0.3) is 0 Å². The molecular weight excluding hydrogens is 324 g/mol. The molecule has 0 aromatic carbocycles.